The molecule has 18 heavy (non-hydrogen) atoms. The fourth-order valence-electron chi connectivity index (χ4n) is 1.37. The number of carbonyl (C=O) groups is 1. The highest BCUT2D eigenvalue weighted by Crippen LogP contribution is 2.27. The number of carboxylic acid groups (broad SMARTS) is 1. The third-order valence-electron chi connectivity index (χ3n) is 2.19. The summed E-state index contributed by atoms with van der Waals surface area (Å²) in [5.74, 6) is -1.06. The second-order valence-electron chi connectivity index (χ2n) is 3.49. The molecule has 0 fully saturated rings. The van der Waals surface area contributed by atoms with Crippen LogP contribution in [0.3, 0.4) is 0 Å². The van der Waals surface area contributed by atoms with Crippen LogP contribution in [-0.4, -0.2) is 16.1 Å². The Balaban J connectivity index is 2.25. The van der Waals surface area contributed by atoms with Crippen LogP contribution in [0.4, 0.5) is 11.4 Å². The molecule has 92 valence electrons. The molecule has 1 heterocycles. The first-order valence-corrected chi connectivity index (χ1v) is 6.15. The fraction of sp³-hybridized carbons (Fsp3) is 0. The van der Waals surface area contributed by atoms with Gasteiger partial charge in [-0.15, -0.1) is 0 Å². The maximum absolute atomic E-state index is 10.8. The summed E-state index contributed by atoms with van der Waals surface area (Å²) in [6.45, 7) is 0. The number of benzene rings is 1. The van der Waals surface area contributed by atoms with Crippen molar-refractivity contribution in [3.05, 3.63) is 51.7 Å². The van der Waals surface area contributed by atoms with Crippen molar-refractivity contribution in [3.63, 3.8) is 0 Å². The zero-order valence-electron chi connectivity index (χ0n) is 9.02. The van der Waals surface area contributed by atoms with E-state index < -0.39 is 5.97 Å². The largest absolute Gasteiger partial charge is 0.477 e. The molecule has 6 heteroatoms. The number of nitrogens with zero attached hydrogens (tertiary/aromatic N) is 1. The molecule has 0 spiro atoms. The smallest absolute Gasteiger partial charge is 0.354 e. The third kappa shape index (κ3) is 3.00. The highest BCUT2D eigenvalue weighted by Gasteiger charge is 2.05. The first-order valence-electron chi connectivity index (χ1n) is 4.97. The van der Waals surface area contributed by atoms with E-state index in [0.717, 1.165) is 10.2 Å². The van der Waals surface area contributed by atoms with Gasteiger partial charge in [0, 0.05) is 22.0 Å². The summed E-state index contributed by atoms with van der Waals surface area (Å²) < 4.78 is 0.802. The number of hydrogen-bond donors (Lipinski definition) is 2. The van der Waals surface area contributed by atoms with E-state index in [9.17, 15) is 4.79 Å². The molecule has 1 aromatic heterocycles. The Morgan fingerprint density at radius 2 is 2.00 bits per heavy atom. The molecule has 1 aromatic carbocycles. The van der Waals surface area contributed by atoms with Crippen molar-refractivity contribution in [2.24, 2.45) is 0 Å². The number of anilines is 2. The molecule has 0 amide bonds. The summed E-state index contributed by atoms with van der Waals surface area (Å²) in [7, 11) is 0. The Bertz CT molecular complexity index is 604. The Morgan fingerprint density at radius 1 is 1.28 bits per heavy atom. The van der Waals surface area contributed by atoms with Crippen LogP contribution >= 0.6 is 27.5 Å². The van der Waals surface area contributed by atoms with Crippen molar-refractivity contribution in [2.45, 2.75) is 0 Å². The van der Waals surface area contributed by atoms with Crippen molar-refractivity contribution >= 4 is 44.9 Å². The fourth-order valence-corrected chi connectivity index (χ4v) is 1.79. The summed E-state index contributed by atoms with van der Waals surface area (Å²) in [5.41, 5.74) is 1.40. The normalized spacial score (nSPS) is 10.1. The minimum absolute atomic E-state index is 0.0109. The van der Waals surface area contributed by atoms with E-state index in [0.29, 0.717) is 10.7 Å². The van der Waals surface area contributed by atoms with Crippen molar-refractivity contribution in [2.75, 3.05) is 5.32 Å². The molecule has 0 atom stereocenters. The minimum atomic E-state index is -1.06. The summed E-state index contributed by atoms with van der Waals surface area (Å²) >= 11 is 9.27. The first kappa shape index (κ1) is 12.9. The van der Waals surface area contributed by atoms with Gasteiger partial charge in [-0.25, -0.2) is 9.78 Å². The molecule has 2 rings (SSSR count). The van der Waals surface area contributed by atoms with E-state index in [-0.39, 0.29) is 5.69 Å². The van der Waals surface area contributed by atoms with Crippen LogP contribution in [0.25, 0.3) is 0 Å². The molecule has 0 unspecified atom stereocenters. The van der Waals surface area contributed by atoms with Gasteiger partial charge in [-0.1, -0.05) is 11.6 Å². The van der Waals surface area contributed by atoms with Crippen molar-refractivity contribution in [1.82, 2.24) is 4.98 Å². The van der Waals surface area contributed by atoms with Gasteiger partial charge in [0.15, 0.2) is 0 Å². The van der Waals surface area contributed by atoms with Gasteiger partial charge in [-0.3, -0.25) is 0 Å². The Labute approximate surface area is 117 Å². The lowest BCUT2D eigenvalue weighted by Crippen LogP contribution is -2.01. The van der Waals surface area contributed by atoms with E-state index in [2.05, 4.69) is 26.2 Å². The first-order chi connectivity index (χ1) is 8.56. The third-order valence-corrected chi connectivity index (χ3v) is 3.42. The zero-order valence-corrected chi connectivity index (χ0v) is 11.4. The van der Waals surface area contributed by atoms with E-state index >= 15 is 0 Å². The maximum atomic E-state index is 10.8. The quantitative estimate of drug-likeness (QED) is 0.896. The molecular formula is C12H8BrClN2O2. The lowest BCUT2D eigenvalue weighted by Gasteiger charge is -2.07. The number of halogens is 2. The second kappa shape index (κ2) is 5.37. The van der Waals surface area contributed by atoms with Crippen LogP contribution < -0.4 is 5.32 Å². The van der Waals surface area contributed by atoms with Crippen molar-refractivity contribution in [1.29, 1.82) is 0 Å². The number of carboxylic acids is 1. The lowest BCUT2D eigenvalue weighted by atomic mass is 10.2. The number of nitrogens with one attached hydrogen (secondary N) is 1. The molecule has 0 aliphatic rings. The summed E-state index contributed by atoms with van der Waals surface area (Å²) in [6, 6.07) is 8.52. The summed E-state index contributed by atoms with van der Waals surface area (Å²) in [5, 5.41) is 12.5. The number of rotatable bonds is 3. The number of aromatic nitrogens is 1. The summed E-state index contributed by atoms with van der Waals surface area (Å²) in [6.07, 6.45) is 1.44. The van der Waals surface area contributed by atoms with Crippen LogP contribution in [0.15, 0.2) is 41.0 Å². The van der Waals surface area contributed by atoms with Gasteiger partial charge in [0.25, 0.3) is 0 Å². The van der Waals surface area contributed by atoms with Crippen LogP contribution in [0, 0.1) is 0 Å². The number of pyridine rings is 1. The zero-order chi connectivity index (χ0) is 13.1. The molecule has 0 saturated carbocycles. The molecule has 0 saturated heterocycles. The number of aromatic carboxylic acids is 1. The average molecular weight is 328 g/mol. The van der Waals surface area contributed by atoms with E-state index in [1.807, 2.05) is 12.1 Å². The predicted octanol–water partition coefficient (Wildman–Crippen LogP) is 3.94. The molecule has 4 nitrogen and oxygen atoms in total. The Hall–Kier alpha value is -1.59. The summed E-state index contributed by atoms with van der Waals surface area (Å²) in [4.78, 5) is 14.5. The van der Waals surface area contributed by atoms with Crippen molar-refractivity contribution in [3.8, 4) is 0 Å². The Morgan fingerprint density at radius 3 is 2.67 bits per heavy atom. The van der Waals surface area contributed by atoms with Crippen LogP contribution in [0.5, 0.6) is 0 Å². The van der Waals surface area contributed by atoms with Crippen molar-refractivity contribution < 1.29 is 9.90 Å². The molecular weight excluding hydrogens is 320 g/mol. The van der Waals surface area contributed by atoms with Gasteiger partial charge in [-0.2, -0.15) is 0 Å². The van der Waals surface area contributed by atoms with E-state index in [1.165, 1.54) is 12.3 Å². The van der Waals surface area contributed by atoms with Gasteiger partial charge in [0.1, 0.15) is 5.69 Å². The van der Waals surface area contributed by atoms with E-state index in [1.54, 1.807) is 12.1 Å². The number of hydrogen-bond acceptors (Lipinski definition) is 3. The predicted molar refractivity (Wildman–Crippen MR) is 73.6 cm³/mol. The molecule has 0 aliphatic carbocycles. The molecule has 0 radical (unpaired) electrons. The van der Waals surface area contributed by atoms with Gasteiger partial charge in [0.05, 0.1) is 5.02 Å². The molecule has 2 N–H and O–H groups in total. The van der Waals surface area contributed by atoms with Gasteiger partial charge < -0.3 is 10.4 Å². The van der Waals surface area contributed by atoms with Gasteiger partial charge in [-0.05, 0) is 46.3 Å². The van der Waals surface area contributed by atoms with E-state index in [4.69, 9.17) is 16.7 Å². The maximum Gasteiger partial charge on any atom is 0.354 e. The van der Waals surface area contributed by atoms with Crippen LogP contribution in [0.2, 0.25) is 5.02 Å². The lowest BCUT2D eigenvalue weighted by molar-refractivity contribution is 0.0690. The molecule has 0 aliphatic heterocycles. The highest BCUT2D eigenvalue weighted by atomic mass is 79.9. The standard InChI is InChI=1S/C12H8BrClN2O2/c13-9-2-1-7(5-10(9)14)16-8-3-4-15-11(6-8)12(17)18/h1-6H,(H,15,16)(H,17,18). The minimum Gasteiger partial charge on any atom is -0.477 e. The van der Waals surface area contributed by atoms with Crippen LogP contribution in [-0.2, 0) is 0 Å². The highest BCUT2D eigenvalue weighted by molar-refractivity contribution is 9.10. The molecule has 0 bridgehead atoms. The van der Waals surface area contributed by atoms with Gasteiger partial charge in [0.2, 0.25) is 0 Å². The van der Waals surface area contributed by atoms with Crippen LogP contribution in [0.1, 0.15) is 10.5 Å². The Kier molecular flexibility index (Phi) is 3.84. The monoisotopic (exact) mass is 326 g/mol. The topological polar surface area (TPSA) is 62.2 Å². The van der Waals surface area contributed by atoms with Gasteiger partial charge >= 0.3 is 5.97 Å². The average Bonchev–Trinajstić information content (AvgIpc) is 2.34. The molecule has 2 aromatic rings. The second-order valence-corrected chi connectivity index (χ2v) is 4.75. The SMILES string of the molecule is O=C(O)c1cc(Nc2ccc(Br)c(Cl)c2)ccn1.